The smallest absolute Gasteiger partial charge is 0.380 e. The highest BCUT2D eigenvalue weighted by Gasteiger charge is 2.51. The van der Waals surface area contributed by atoms with Crippen molar-refractivity contribution in [1.82, 2.24) is 0 Å². The van der Waals surface area contributed by atoms with Crippen LogP contribution in [-0.2, 0) is 25.7 Å². The lowest BCUT2D eigenvalue weighted by molar-refractivity contribution is -0.154. The van der Waals surface area contributed by atoms with Crippen molar-refractivity contribution in [3.05, 3.63) is 81.9 Å². The maximum Gasteiger partial charge on any atom is 0.380 e. The summed E-state index contributed by atoms with van der Waals surface area (Å²) in [5.41, 5.74) is -1.35. The van der Waals surface area contributed by atoms with E-state index in [0.717, 1.165) is 11.1 Å². The van der Waals surface area contributed by atoms with Gasteiger partial charge < -0.3 is 20.1 Å². The van der Waals surface area contributed by atoms with Crippen molar-refractivity contribution < 1.29 is 34.4 Å². The normalized spacial score (nSPS) is 18.3. The molecule has 0 bridgehead atoms. The number of benzene rings is 1. The van der Waals surface area contributed by atoms with Gasteiger partial charge in [-0.3, -0.25) is 9.59 Å². The number of rotatable bonds is 8. The highest BCUT2D eigenvalue weighted by atomic mass is 16.5. The minimum Gasteiger partial charge on any atom is -0.508 e. The third-order valence-electron chi connectivity index (χ3n) is 4.95. The van der Waals surface area contributed by atoms with Crippen molar-refractivity contribution in [3.63, 3.8) is 0 Å². The number of Topliss-reactive ketones (excluding diaryl/α,β-unsaturated/α-hetero) is 2. The predicted octanol–water partition coefficient (Wildman–Crippen LogP) is 3.95. The summed E-state index contributed by atoms with van der Waals surface area (Å²) in [6, 6.07) is 8.63. The zero-order chi connectivity index (χ0) is 24.1. The Hall–Kier alpha value is -3.45. The molecule has 1 unspecified atom stereocenters. The van der Waals surface area contributed by atoms with Gasteiger partial charge in [-0.15, -0.1) is 0 Å². The van der Waals surface area contributed by atoms with E-state index in [4.69, 9.17) is 4.74 Å². The summed E-state index contributed by atoms with van der Waals surface area (Å²) < 4.78 is 5.00. The molecule has 32 heavy (non-hydrogen) atoms. The standard InChI is InChI=1S/C25H28O7/c1-15(2)10-11-18-20(26)19(23(29)25(31,22(18)28)13-12-16(3)4)21(27)24(30)32-14-17-8-6-5-7-9-17/h5-10,12,26,28,31H,11,13-14H2,1-4H3. The molecule has 170 valence electrons. The number of esters is 1. The van der Waals surface area contributed by atoms with Crippen LogP contribution in [0.4, 0.5) is 0 Å². The third kappa shape index (κ3) is 5.42. The summed E-state index contributed by atoms with van der Waals surface area (Å²) in [5.74, 6) is -5.58. The van der Waals surface area contributed by atoms with Crippen LogP contribution < -0.4 is 0 Å². The SMILES string of the molecule is CC(C)=CCC1=C(O)C(O)(CC=C(C)C)C(=O)C(C(=O)C(=O)OCc2ccccc2)=C1O. The first-order valence-corrected chi connectivity index (χ1v) is 10.1. The number of carbonyl (C=O) groups excluding carboxylic acids is 3. The molecule has 7 heteroatoms. The van der Waals surface area contributed by atoms with Crippen molar-refractivity contribution in [2.24, 2.45) is 0 Å². The monoisotopic (exact) mass is 440 g/mol. The maximum atomic E-state index is 13.0. The number of allylic oxidation sites excluding steroid dienone is 4. The van der Waals surface area contributed by atoms with Gasteiger partial charge in [-0.25, -0.2) is 4.79 Å². The molecule has 1 atom stereocenters. The quantitative estimate of drug-likeness (QED) is 0.242. The Balaban J connectivity index is 2.46. The van der Waals surface area contributed by atoms with Gasteiger partial charge >= 0.3 is 5.97 Å². The van der Waals surface area contributed by atoms with Crippen molar-refractivity contribution in [3.8, 4) is 0 Å². The van der Waals surface area contributed by atoms with Crippen molar-refractivity contribution >= 4 is 17.5 Å². The predicted molar refractivity (Wildman–Crippen MR) is 119 cm³/mol. The van der Waals surface area contributed by atoms with E-state index in [1.54, 1.807) is 64.1 Å². The summed E-state index contributed by atoms with van der Waals surface area (Å²) >= 11 is 0. The molecule has 0 radical (unpaired) electrons. The van der Waals surface area contributed by atoms with Gasteiger partial charge in [0.25, 0.3) is 5.78 Å². The Kier molecular flexibility index (Phi) is 7.94. The van der Waals surface area contributed by atoms with Gasteiger partial charge in [0.05, 0.1) is 0 Å². The molecule has 0 saturated heterocycles. The number of carbonyl (C=O) groups is 3. The fourth-order valence-electron chi connectivity index (χ4n) is 3.08. The van der Waals surface area contributed by atoms with E-state index >= 15 is 0 Å². The van der Waals surface area contributed by atoms with Gasteiger partial charge in [-0.1, -0.05) is 53.6 Å². The van der Waals surface area contributed by atoms with Crippen molar-refractivity contribution in [2.75, 3.05) is 0 Å². The molecule has 0 aromatic heterocycles. The molecule has 2 rings (SSSR count). The van der Waals surface area contributed by atoms with Gasteiger partial charge in [-0.05, 0) is 39.7 Å². The highest BCUT2D eigenvalue weighted by molar-refractivity contribution is 6.48. The van der Waals surface area contributed by atoms with E-state index in [1.807, 2.05) is 0 Å². The number of ketones is 2. The second-order valence-electron chi connectivity index (χ2n) is 8.10. The van der Waals surface area contributed by atoms with Crippen LogP contribution in [0.2, 0.25) is 0 Å². The summed E-state index contributed by atoms with van der Waals surface area (Å²) in [7, 11) is 0. The molecule has 0 saturated carbocycles. The largest absolute Gasteiger partial charge is 0.508 e. The lowest BCUT2D eigenvalue weighted by atomic mass is 9.77. The van der Waals surface area contributed by atoms with Gasteiger partial charge in [0.2, 0.25) is 5.78 Å². The van der Waals surface area contributed by atoms with Gasteiger partial charge in [0.1, 0.15) is 23.7 Å². The molecule has 1 aromatic rings. The van der Waals surface area contributed by atoms with Crippen LogP contribution >= 0.6 is 0 Å². The Labute approximate surface area is 187 Å². The number of hydrogen-bond donors (Lipinski definition) is 3. The fourth-order valence-corrected chi connectivity index (χ4v) is 3.08. The fraction of sp³-hybridized carbons (Fsp3) is 0.320. The average Bonchev–Trinajstić information content (AvgIpc) is 2.75. The van der Waals surface area contributed by atoms with Crippen LogP contribution in [0.5, 0.6) is 0 Å². The average molecular weight is 440 g/mol. The van der Waals surface area contributed by atoms with Gasteiger partial charge in [0, 0.05) is 12.0 Å². The van der Waals surface area contributed by atoms with Crippen LogP contribution in [-0.4, -0.2) is 38.5 Å². The molecular formula is C25H28O7. The molecule has 7 nitrogen and oxygen atoms in total. The Morgan fingerprint density at radius 2 is 1.59 bits per heavy atom. The molecule has 0 heterocycles. The third-order valence-corrected chi connectivity index (χ3v) is 4.95. The first-order valence-electron chi connectivity index (χ1n) is 10.1. The zero-order valence-corrected chi connectivity index (χ0v) is 18.6. The van der Waals surface area contributed by atoms with E-state index in [-0.39, 0.29) is 25.0 Å². The number of hydrogen-bond acceptors (Lipinski definition) is 7. The molecule has 0 aliphatic heterocycles. The molecule has 1 aromatic carbocycles. The van der Waals surface area contributed by atoms with Crippen LogP contribution in [0, 0.1) is 0 Å². The lowest BCUT2D eigenvalue weighted by Crippen LogP contribution is -2.47. The molecule has 0 fully saturated rings. The Morgan fingerprint density at radius 3 is 2.16 bits per heavy atom. The second-order valence-corrected chi connectivity index (χ2v) is 8.10. The highest BCUT2D eigenvalue weighted by Crippen LogP contribution is 2.37. The van der Waals surface area contributed by atoms with E-state index < -0.39 is 40.2 Å². The lowest BCUT2D eigenvalue weighted by Gasteiger charge is -2.31. The molecule has 1 aliphatic rings. The Morgan fingerprint density at radius 1 is 1.00 bits per heavy atom. The summed E-state index contributed by atoms with van der Waals surface area (Å²) in [6.45, 7) is 6.84. The number of ether oxygens (including phenoxy) is 1. The zero-order valence-electron chi connectivity index (χ0n) is 18.6. The van der Waals surface area contributed by atoms with E-state index in [0.29, 0.717) is 5.56 Å². The summed E-state index contributed by atoms with van der Waals surface area (Å²) in [4.78, 5) is 38.2. The van der Waals surface area contributed by atoms with E-state index in [1.165, 1.54) is 6.08 Å². The van der Waals surface area contributed by atoms with Crippen molar-refractivity contribution in [1.29, 1.82) is 0 Å². The molecule has 1 aliphatic carbocycles. The summed E-state index contributed by atoms with van der Waals surface area (Å²) in [6.07, 6.45) is 2.78. The van der Waals surface area contributed by atoms with Crippen molar-refractivity contribution in [2.45, 2.75) is 52.7 Å². The molecule has 0 amide bonds. The topological polar surface area (TPSA) is 121 Å². The molecule has 3 N–H and O–H groups in total. The number of aliphatic hydroxyl groups is 3. The summed E-state index contributed by atoms with van der Waals surface area (Å²) in [5, 5.41) is 32.4. The van der Waals surface area contributed by atoms with Crippen LogP contribution in [0.3, 0.4) is 0 Å². The van der Waals surface area contributed by atoms with Gasteiger partial charge in [0.15, 0.2) is 5.60 Å². The maximum absolute atomic E-state index is 13.0. The number of aliphatic hydroxyl groups excluding tert-OH is 2. The Bertz CT molecular complexity index is 1030. The van der Waals surface area contributed by atoms with Crippen LogP contribution in [0.25, 0.3) is 0 Å². The minimum absolute atomic E-state index is 0.0553. The molecule has 0 spiro atoms. The van der Waals surface area contributed by atoms with Crippen LogP contribution in [0.15, 0.2) is 76.3 Å². The van der Waals surface area contributed by atoms with Gasteiger partial charge in [-0.2, -0.15) is 0 Å². The first-order chi connectivity index (χ1) is 15.0. The molecular weight excluding hydrogens is 412 g/mol. The van der Waals surface area contributed by atoms with E-state index in [9.17, 15) is 29.7 Å². The minimum atomic E-state index is -2.49. The van der Waals surface area contributed by atoms with Crippen LogP contribution in [0.1, 0.15) is 46.1 Å². The van der Waals surface area contributed by atoms with E-state index in [2.05, 4.69) is 0 Å². The second kappa shape index (κ2) is 10.2. The first kappa shape index (κ1) is 24.8.